The van der Waals surface area contributed by atoms with Crippen molar-refractivity contribution in [3.63, 3.8) is 0 Å². The summed E-state index contributed by atoms with van der Waals surface area (Å²) in [5.74, 6) is -1.03. The predicted octanol–water partition coefficient (Wildman–Crippen LogP) is 2.99. The number of amidine groups is 1. The van der Waals surface area contributed by atoms with Crippen LogP contribution < -0.4 is 5.32 Å². The minimum absolute atomic E-state index is 0.270. The van der Waals surface area contributed by atoms with Gasteiger partial charge in [-0.05, 0) is 67.6 Å². The fourth-order valence-electron chi connectivity index (χ4n) is 2.95. The number of methoxy groups -OCH3 is 1. The van der Waals surface area contributed by atoms with Crippen LogP contribution in [0.4, 0.5) is 0 Å². The Labute approximate surface area is 166 Å². The average molecular weight is 397 g/mol. The van der Waals surface area contributed by atoms with Crippen LogP contribution >= 0.6 is 11.8 Å². The van der Waals surface area contributed by atoms with Crippen molar-refractivity contribution in [1.82, 2.24) is 9.88 Å². The van der Waals surface area contributed by atoms with Crippen LogP contribution in [-0.2, 0) is 14.3 Å². The van der Waals surface area contributed by atoms with Crippen molar-refractivity contribution in [3.05, 3.63) is 57.8 Å². The van der Waals surface area contributed by atoms with Crippen molar-refractivity contribution in [2.75, 3.05) is 7.11 Å². The summed E-state index contributed by atoms with van der Waals surface area (Å²) >= 11 is 1.14. The number of carbonyl (C=O) groups excluding carboxylic acids is 3. The normalized spacial score (nSPS) is 14.9. The van der Waals surface area contributed by atoms with E-state index in [2.05, 4.69) is 10.3 Å². The molecule has 144 valence electrons. The maximum Gasteiger partial charge on any atom is 0.337 e. The number of thioether (sulfide) groups is 1. The average Bonchev–Trinajstić information content (AvgIpc) is 3.12. The number of nitrogens with one attached hydrogen (secondary N) is 1. The summed E-state index contributed by atoms with van der Waals surface area (Å²) < 4.78 is 6.76. The summed E-state index contributed by atoms with van der Waals surface area (Å²) in [5, 5.41) is 2.82. The highest BCUT2D eigenvalue weighted by molar-refractivity contribution is 8.18. The Morgan fingerprint density at radius 3 is 2.50 bits per heavy atom. The van der Waals surface area contributed by atoms with Crippen molar-refractivity contribution in [2.45, 2.75) is 20.8 Å². The Hall–Kier alpha value is -3.13. The number of nitrogens with zero attached hydrogens (tertiary/aromatic N) is 2. The Kier molecular flexibility index (Phi) is 5.51. The van der Waals surface area contributed by atoms with Crippen LogP contribution in [0.1, 0.15) is 34.2 Å². The van der Waals surface area contributed by atoms with E-state index in [0.29, 0.717) is 10.5 Å². The number of ether oxygens (including phenoxy) is 1. The quantitative estimate of drug-likeness (QED) is 0.635. The molecule has 0 aliphatic carbocycles. The van der Waals surface area contributed by atoms with E-state index in [1.54, 1.807) is 18.2 Å². The minimum Gasteiger partial charge on any atom is -0.465 e. The van der Waals surface area contributed by atoms with Gasteiger partial charge in [0, 0.05) is 24.0 Å². The molecule has 0 spiro atoms. The van der Waals surface area contributed by atoms with Crippen LogP contribution in [-0.4, -0.2) is 34.6 Å². The molecule has 1 aromatic heterocycles. The lowest BCUT2D eigenvalue weighted by molar-refractivity contribution is -0.117. The second-order valence-electron chi connectivity index (χ2n) is 6.21. The predicted molar refractivity (Wildman–Crippen MR) is 108 cm³/mol. The lowest BCUT2D eigenvalue weighted by atomic mass is 10.2. The van der Waals surface area contributed by atoms with Gasteiger partial charge in [0.2, 0.25) is 5.91 Å². The van der Waals surface area contributed by atoms with Crippen LogP contribution in [0.15, 0.2) is 40.2 Å². The van der Waals surface area contributed by atoms with Gasteiger partial charge < -0.3 is 14.6 Å². The van der Waals surface area contributed by atoms with Gasteiger partial charge in [-0.25, -0.2) is 4.79 Å². The highest BCUT2D eigenvalue weighted by Gasteiger charge is 2.23. The van der Waals surface area contributed by atoms with Gasteiger partial charge in [0.1, 0.15) is 0 Å². The largest absolute Gasteiger partial charge is 0.465 e. The summed E-state index contributed by atoms with van der Waals surface area (Å²) in [6.07, 6.45) is 1.77. The molecule has 7 nitrogen and oxygen atoms in total. The lowest BCUT2D eigenvalue weighted by Gasteiger charge is -2.10. The Morgan fingerprint density at radius 1 is 1.21 bits per heavy atom. The smallest absolute Gasteiger partial charge is 0.337 e. The molecule has 2 amide bonds. The monoisotopic (exact) mass is 397 g/mol. The first-order valence-electron chi connectivity index (χ1n) is 8.48. The van der Waals surface area contributed by atoms with E-state index in [-0.39, 0.29) is 23.0 Å². The molecular weight excluding hydrogens is 378 g/mol. The van der Waals surface area contributed by atoms with Gasteiger partial charge in [-0.1, -0.05) is 0 Å². The molecule has 0 atom stereocenters. The molecule has 2 aromatic rings. The van der Waals surface area contributed by atoms with Gasteiger partial charge in [0.15, 0.2) is 5.17 Å². The number of aliphatic imine (C=N–C) groups is 1. The minimum atomic E-state index is -0.385. The highest BCUT2D eigenvalue weighted by atomic mass is 32.2. The second-order valence-corrected chi connectivity index (χ2v) is 7.24. The number of carbonyl (C=O) groups is 3. The van der Waals surface area contributed by atoms with Crippen LogP contribution in [0, 0.1) is 13.8 Å². The zero-order chi connectivity index (χ0) is 20.4. The maximum atomic E-state index is 12.1. The van der Waals surface area contributed by atoms with E-state index >= 15 is 0 Å². The molecule has 1 aromatic carbocycles. The highest BCUT2D eigenvalue weighted by Crippen LogP contribution is 2.30. The Balaban J connectivity index is 1.90. The second kappa shape index (κ2) is 7.85. The molecule has 3 rings (SSSR count). The van der Waals surface area contributed by atoms with E-state index in [1.165, 1.54) is 14.0 Å². The van der Waals surface area contributed by atoms with Gasteiger partial charge in [0.25, 0.3) is 5.91 Å². The molecule has 1 aliphatic rings. The van der Waals surface area contributed by atoms with Crippen molar-refractivity contribution >= 4 is 40.8 Å². The number of rotatable bonds is 3. The first kappa shape index (κ1) is 19.6. The number of hydrogen-bond acceptors (Lipinski definition) is 5. The molecule has 28 heavy (non-hydrogen) atoms. The molecule has 1 aliphatic heterocycles. The van der Waals surface area contributed by atoms with Gasteiger partial charge in [-0.15, -0.1) is 0 Å². The standard InChI is InChI=1S/C20H19N3O4S/c1-11-9-15(10-17-18(25)22-20(28-17)21-13(3)24)12(2)23(11)16-7-5-14(6-8-16)19(26)27-4/h5-10H,1-4H3,(H,21,22,24,25). The Bertz CT molecular complexity index is 1030. The number of hydrogen-bond donors (Lipinski definition) is 1. The first-order chi connectivity index (χ1) is 13.3. The molecule has 0 saturated carbocycles. The number of amides is 2. The number of aryl methyl sites for hydroxylation is 1. The van der Waals surface area contributed by atoms with Crippen LogP contribution in [0.25, 0.3) is 11.8 Å². The van der Waals surface area contributed by atoms with Gasteiger partial charge in [-0.3, -0.25) is 9.59 Å². The summed E-state index contributed by atoms with van der Waals surface area (Å²) in [6, 6.07) is 9.08. The fraction of sp³-hybridized carbons (Fsp3) is 0.200. The number of benzene rings is 1. The van der Waals surface area contributed by atoms with Crippen molar-refractivity contribution in [2.24, 2.45) is 4.99 Å². The molecule has 8 heteroatoms. The van der Waals surface area contributed by atoms with Crippen molar-refractivity contribution in [3.8, 4) is 5.69 Å². The topological polar surface area (TPSA) is 89.8 Å². The van der Waals surface area contributed by atoms with E-state index in [9.17, 15) is 14.4 Å². The molecule has 0 bridgehead atoms. The first-order valence-corrected chi connectivity index (χ1v) is 9.29. The third-order valence-electron chi connectivity index (χ3n) is 4.21. The zero-order valence-electron chi connectivity index (χ0n) is 15.9. The summed E-state index contributed by atoms with van der Waals surface area (Å²) in [4.78, 5) is 39.1. The molecular formula is C20H19N3O4S. The van der Waals surface area contributed by atoms with Gasteiger partial charge in [-0.2, -0.15) is 4.99 Å². The SMILES string of the molecule is COC(=O)c1ccc(-n2c(C)cc(C=C3SC(NC(C)=O)=NC3=O)c2C)cc1. The summed E-state index contributed by atoms with van der Waals surface area (Å²) in [5.41, 5.74) is 4.18. The van der Waals surface area contributed by atoms with Crippen LogP contribution in [0.3, 0.4) is 0 Å². The van der Waals surface area contributed by atoms with E-state index in [1.807, 2.05) is 36.6 Å². The number of aromatic nitrogens is 1. The maximum absolute atomic E-state index is 12.1. The summed E-state index contributed by atoms with van der Waals surface area (Å²) in [7, 11) is 1.35. The zero-order valence-corrected chi connectivity index (χ0v) is 16.7. The Morgan fingerprint density at radius 2 is 1.89 bits per heavy atom. The molecule has 0 fully saturated rings. The molecule has 0 unspecified atom stereocenters. The molecule has 0 saturated heterocycles. The fourth-order valence-corrected chi connectivity index (χ4v) is 3.80. The van der Waals surface area contributed by atoms with Crippen molar-refractivity contribution < 1.29 is 19.1 Å². The molecule has 0 radical (unpaired) electrons. The third kappa shape index (κ3) is 3.91. The molecule has 1 N–H and O–H groups in total. The lowest BCUT2D eigenvalue weighted by Crippen LogP contribution is -2.23. The van der Waals surface area contributed by atoms with E-state index in [0.717, 1.165) is 34.4 Å². The molecule has 2 heterocycles. The third-order valence-corrected chi connectivity index (χ3v) is 5.11. The summed E-state index contributed by atoms with van der Waals surface area (Å²) in [6.45, 7) is 5.29. The van der Waals surface area contributed by atoms with Crippen LogP contribution in [0.5, 0.6) is 0 Å². The van der Waals surface area contributed by atoms with Gasteiger partial charge in [0.05, 0.1) is 17.6 Å². The van der Waals surface area contributed by atoms with Gasteiger partial charge >= 0.3 is 5.97 Å². The van der Waals surface area contributed by atoms with E-state index < -0.39 is 0 Å². The van der Waals surface area contributed by atoms with Crippen molar-refractivity contribution in [1.29, 1.82) is 0 Å². The number of esters is 1. The van der Waals surface area contributed by atoms with E-state index in [4.69, 9.17) is 4.74 Å². The van der Waals surface area contributed by atoms with Crippen LogP contribution in [0.2, 0.25) is 0 Å².